The minimum atomic E-state index is 0.358. The van der Waals surface area contributed by atoms with Crippen LogP contribution < -0.4 is 5.32 Å². The summed E-state index contributed by atoms with van der Waals surface area (Å²) in [5.41, 5.74) is 0.649. The summed E-state index contributed by atoms with van der Waals surface area (Å²) in [6.07, 6.45) is 5.43. The van der Waals surface area contributed by atoms with Crippen molar-refractivity contribution in [1.29, 1.82) is 0 Å². The van der Waals surface area contributed by atoms with Crippen molar-refractivity contribution >= 4 is 23.2 Å². The first-order valence-corrected chi connectivity index (χ1v) is 5.98. The molecule has 0 spiro atoms. The van der Waals surface area contributed by atoms with E-state index in [0.29, 0.717) is 11.7 Å². The summed E-state index contributed by atoms with van der Waals surface area (Å²) in [6, 6.07) is 0.358. The van der Waals surface area contributed by atoms with Crippen LogP contribution in [0.4, 0.5) is 5.82 Å². The fourth-order valence-corrected chi connectivity index (χ4v) is 1.90. The zero-order valence-corrected chi connectivity index (χ0v) is 9.40. The van der Waals surface area contributed by atoms with Gasteiger partial charge in [0.25, 0.3) is 0 Å². The van der Waals surface area contributed by atoms with Crippen LogP contribution in [0.3, 0.4) is 0 Å². The van der Waals surface area contributed by atoms with Gasteiger partial charge in [-0.05, 0) is 23.6 Å². The topological polar surface area (TPSA) is 68.0 Å². The molecule has 1 N–H and O–H groups in total. The molecule has 0 radical (unpaired) electrons. The second-order valence-corrected chi connectivity index (χ2v) is 4.15. The summed E-state index contributed by atoms with van der Waals surface area (Å²) < 4.78 is 1.64. The molecule has 0 saturated heterocycles. The maximum absolute atomic E-state index is 4.07. The Hall–Kier alpha value is -1.37. The predicted molar refractivity (Wildman–Crippen MR) is 60.0 cm³/mol. The van der Waals surface area contributed by atoms with E-state index >= 15 is 0 Å². The van der Waals surface area contributed by atoms with Gasteiger partial charge in [-0.2, -0.15) is 16.3 Å². The van der Waals surface area contributed by atoms with Crippen molar-refractivity contribution in [2.24, 2.45) is 0 Å². The smallest absolute Gasteiger partial charge is 0.199 e. The van der Waals surface area contributed by atoms with Gasteiger partial charge < -0.3 is 5.32 Å². The summed E-state index contributed by atoms with van der Waals surface area (Å²) in [5.74, 6) is 1.84. The highest BCUT2D eigenvalue weighted by atomic mass is 32.2. The minimum Gasteiger partial charge on any atom is -0.365 e. The van der Waals surface area contributed by atoms with Crippen LogP contribution in [0, 0.1) is 0 Å². The van der Waals surface area contributed by atoms with Crippen molar-refractivity contribution in [3.05, 3.63) is 12.4 Å². The van der Waals surface area contributed by atoms with E-state index in [0.717, 1.165) is 11.6 Å². The molecule has 6 nitrogen and oxygen atoms in total. The number of nitrogens with zero attached hydrogens (tertiary/aromatic N) is 5. The van der Waals surface area contributed by atoms with Gasteiger partial charge in [-0.15, -0.1) is 5.10 Å². The zero-order chi connectivity index (χ0) is 10.7. The predicted octanol–water partition coefficient (Wildman–Crippen LogP) is 0.683. The number of nitrogens with one attached hydrogen (secondary N) is 1. The molecular formula is C8H12N6S. The van der Waals surface area contributed by atoms with Crippen LogP contribution in [0.2, 0.25) is 0 Å². The minimum absolute atomic E-state index is 0.358. The number of hydrogen-bond acceptors (Lipinski definition) is 6. The fourth-order valence-electron chi connectivity index (χ4n) is 1.32. The van der Waals surface area contributed by atoms with Gasteiger partial charge in [0, 0.05) is 11.8 Å². The Kier molecular flexibility index (Phi) is 3.00. The summed E-state index contributed by atoms with van der Waals surface area (Å²) >= 11 is 1.79. The first kappa shape index (κ1) is 10.2. The average molecular weight is 224 g/mol. The lowest BCUT2D eigenvalue weighted by atomic mass is 10.4. The summed E-state index contributed by atoms with van der Waals surface area (Å²) in [5, 5.41) is 14.6. The molecule has 0 amide bonds. The lowest BCUT2D eigenvalue weighted by Gasteiger charge is -2.13. The van der Waals surface area contributed by atoms with E-state index in [1.54, 1.807) is 28.7 Å². The van der Waals surface area contributed by atoms with Crippen LogP contribution in [-0.2, 0) is 0 Å². The Morgan fingerprint density at radius 2 is 2.40 bits per heavy atom. The maximum atomic E-state index is 4.07. The van der Waals surface area contributed by atoms with Gasteiger partial charge in [0.15, 0.2) is 11.5 Å². The normalized spacial score (nSPS) is 12.9. The van der Waals surface area contributed by atoms with E-state index in [4.69, 9.17) is 0 Å². The standard InChI is InChI=1S/C8H12N6S/c1-6(5-15-2)10-7-3-9-4-8-11-12-13-14(7)8/h3-4,6,10H,5H2,1-2H3. The van der Waals surface area contributed by atoms with Gasteiger partial charge in [0.2, 0.25) is 0 Å². The van der Waals surface area contributed by atoms with Crippen molar-refractivity contribution in [2.75, 3.05) is 17.3 Å². The molecule has 15 heavy (non-hydrogen) atoms. The van der Waals surface area contributed by atoms with Crippen molar-refractivity contribution in [3.8, 4) is 0 Å². The summed E-state index contributed by atoms with van der Waals surface area (Å²) in [7, 11) is 0. The molecule has 0 bridgehead atoms. The third-order valence-corrected chi connectivity index (χ3v) is 2.75. The number of thioether (sulfide) groups is 1. The Morgan fingerprint density at radius 3 is 3.20 bits per heavy atom. The quantitative estimate of drug-likeness (QED) is 0.823. The summed E-state index contributed by atoms with van der Waals surface area (Å²) in [4.78, 5) is 4.07. The molecule has 1 unspecified atom stereocenters. The van der Waals surface area contributed by atoms with Gasteiger partial charge in [-0.1, -0.05) is 0 Å². The number of aromatic nitrogens is 5. The number of tetrazole rings is 1. The van der Waals surface area contributed by atoms with E-state index in [9.17, 15) is 0 Å². The second-order valence-electron chi connectivity index (χ2n) is 3.24. The molecule has 0 aliphatic carbocycles. The molecule has 2 aromatic heterocycles. The molecule has 0 aliphatic rings. The highest BCUT2D eigenvalue weighted by molar-refractivity contribution is 7.98. The monoisotopic (exact) mass is 224 g/mol. The van der Waals surface area contributed by atoms with E-state index < -0.39 is 0 Å². The molecular weight excluding hydrogens is 212 g/mol. The molecule has 2 rings (SSSR count). The number of rotatable bonds is 4. The van der Waals surface area contributed by atoms with Crippen molar-refractivity contribution < 1.29 is 0 Å². The zero-order valence-electron chi connectivity index (χ0n) is 8.58. The van der Waals surface area contributed by atoms with Crippen molar-refractivity contribution in [1.82, 2.24) is 25.0 Å². The molecule has 0 fully saturated rings. The molecule has 1 atom stereocenters. The van der Waals surface area contributed by atoms with Crippen molar-refractivity contribution in [3.63, 3.8) is 0 Å². The van der Waals surface area contributed by atoms with Crippen LogP contribution >= 0.6 is 11.8 Å². The van der Waals surface area contributed by atoms with Gasteiger partial charge in [0.05, 0.1) is 12.4 Å². The molecule has 7 heteroatoms. The van der Waals surface area contributed by atoms with E-state index in [-0.39, 0.29) is 0 Å². The Bertz CT molecular complexity index is 441. The Morgan fingerprint density at radius 1 is 1.53 bits per heavy atom. The average Bonchev–Trinajstić information content (AvgIpc) is 2.67. The second kappa shape index (κ2) is 4.43. The Balaban J connectivity index is 2.23. The number of anilines is 1. The van der Waals surface area contributed by atoms with Gasteiger partial charge in [-0.25, -0.2) is 0 Å². The van der Waals surface area contributed by atoms with E-state index in [1.165, 1.54) is 0 Å². The SMILES string of the molecule is CSCC(C)Nc1cncc2nnnn12. The van der Waals surface area contributed by atoms with E-state index in [2.05, 4.69) is 39.0 Å². The first-order valence-electron chi connectivity index (χ1n) is 4.59. The van der Waals surface area contributed by atoms with Crippen LogP contribution in [0.5, 0.6) is 0 Å². The third-order valence-electron chi connectivity index (χ3n) is 1.92. The number of hydrogen-bond donors (Lipinski definition) is 1. The first-order chi connectivity index (χ1) is 7.31. The largest absolute Gasteiger partial charge is 0.365 e. The summed E-state index contributed by atoms with van der Waals surface area (Å²) in [6.45, 7) is 2.11. The highest BCUT2D eigenvalue weighted by Crippen LogP contribution is 2.09. The lowest BCUT2D eigenvalue weighted by molar-refractivity contribution is 0.803. The van der Waals surface area contributed by atoms with Crippen molar-refractivity contribution in [2.45, 2.75) is 13.0 Å². The van der Waals surface area contributed by atoms with Crippen LogP contribution in [0.1, 0.15) is 6.92 Å². The lowest BCUT2D eigenvalue weighted by Crippen LogP contribution is -2.20. The molecule has 2 aromatic rings. The maximum Gasteiger partial charge on any atom is 0.199 e. The van der Waals surface area contributed by atoms with Gasteiger partial charge in [0.1, 0.15) is 0 Å². The molecule has 0 aliphatic heterocycles. The number of fused-ring (bicyclic) bond motifs is 1. The highest BCUT2D eigenvalue weighted by Gasteiger charge is 2.06. The van der Waals surface area contributed by atoms with E-state index in [1.807, 2.05) is 0 Å². The van der Waals surface area contributed by atoms with Gasteiger partial charge in [-0.3, -0.25) is 4.98 Å². The van der Waals surface area contributed by atoms with Gasteiger partial charge >= 0.3 is 0 Å². The Labute approximate surface area is 91.5 Å². The van der Waals surface area contributed by atoms with Crippen LogP contribution in [0.15, 0.2) is 12.4 Å². The fraction of sp³-hybridized carbons (Fsp3) is 0.500. The molecule has 80 valence electrons. The van der Waals surface area contributed by atoms with Crippen LogP contribution in [-0.4, -0.2) is 43.1 Å². The molecule has 2 heterocycles. The van der Waals surface area contributed by atoms with Crippen LogP contribution in [0.25, 0.3) is 5.65 Å². The molecule has 0 saturated carbocycles. The molecule has 0 aromatic carbocycles. The third kappa shape index (κ3) is 2.17.